The van der Waals surface area contributed by atoms with Crippen molar-refractivity contribution in [2.45, 2.75) is 25.7 Å². The van der Waals surface area contributed by atoms with Crippen molar-refractivity contribution in [2.24, 2.45) is 0 Å². The summed E-state index contributed by atoms with van der Waals surface area (Å²) >= 11 is 0. The van der Waals surface area contributed by atoms with Gasteiger partial charge in [0.05, 0.1) is 5.56 Å². The first-order valence-corrected chi connectivity index (χ1v) is 10.1. The van der Waals surface area contributed by atoms with Crippen LogP contribution >= 0.6 is 0 Å². The van der Waals surface area contributed by atoms with E-state index in [1.54, 1.807) is 18.6 Å². The Morgan fingerprint density at radius 3 is 2.87 bits per heavy atom. The molecule has 1 amide bonds. The Bertz CT molecular complexity index is 1200. The normalized spacial score (nSPS) is 16.7. The molecule has 0 aliphatic carbocycles. The van der Waals surface area contributed by atoms with Gasteiger partial charge in [-0.1, -0.05) is 6.07 Å². The van der Waals surface area contributed by atoms with Crippen LogP contribution in [0, 0.1) is 6.92 Å². The van der Waals surface area contributed by atoms with E-state index in [1.165, 1.54) is 0 Å². The van der Waals surface area contributed by atoms with Gasteiger partial charge in [0, 0.05) is 61.1 Å². The molecular weight excluding hydrogens is 376 g/mol. The van der Waals surface area contributed by atoms with Crippen molar-refractivity contribution in [2.75, 3.05) is 13.1 Å². The van der Waals surface area contributed by atoms with Crippen LogP contribution in [0.3, 0.4) is 0 Å². The van der Waals surface area contributed by atoms with E-state index in [-0.39, 0.29) is 11.8 Å². The lowest BCUT2D eigenvalue weighted by Crippen LogP contribution is -2.39. The topological polar surface area (TPSA) is 76.3 Å². The predicted molar refractivity (Wildman–Crippen MR) is 113 cm³/mol. The van der Waals surface area contributed by atoms with Crippen LogP contribution in [0.25, 0.3) is 16.8 Å². The third-order valence-corrected chi connectivity index (χ3v) is 5.54. The molecule has 7 heteroatoms. The lowest BCUT2D eigenvalue weighted by atomic mass is 9.97. The smallest absolute Gasteiger partial charge is 0.255 e. The number of carbonyl (C=O) groups is 1. The fourth-order valence-electron chi connectivity index (χ4n) is 4.00. The molecule has 1 atom stereocenters. The summed E-state index contributed by atoms with van der Waals surface area (Å²) in [5.74, 6) is 0.943. The summed E-state index contributed by atoms with van der Waals surface area (Å²) in [5.41, 5.74) is 4.52. The molecule has 4 aromatic heterocycles. The molecule has 0 spiro atoms. The van der Waals surface area contributed by atoms with Crippen LogP contribution in [-0.4, -0.2) is 48.5 Å². The molecule has 5 rings (SSSR count). The highest BCUT2D eigenvalue weighted by atomic mass is 16.2. The minimum Gasteiger partial charge on any atom is -0.338 e. The van der Waals surface area contributed by atoms with Crippen molar-refractivity contribution in [1.29, 1.82) is 0 Å². The van der Waals surface area contributed by atoms with Crippen LogP contribution in [0.5, 0.6) is 0 Å². The third kappa shape index (κ3) is 3.54. The van der Waals surface area contributed by atoms with Crippen LogP contribution < -0.4 is 0 Å². The minimum absolute atomic E-state index is 0.0264. The number of pyridine rings is 3. The summed E-state index contributed by atoms with van der Waals surface area (Å²) in [5, 5.41) is 4.74. The van der Waals surface area contributed by atoms with Crippen LogP contribution in [0.15, 0.2) is 61.3 Å². The van der Waals surface area contributed by atoms with Crippen molar-refractivity contribution in [3.05, 3.63) is 78.3 Å². The highest BCUT2D eigenvalue weighted by Crippen LogP contribution is 2.27. The number of likely N-dealkylation sites (tertiary alicyclic amines) is 1. The van der Waals surface area contributed by atoms with Gasteiger partial charge in [0.25, 0.3) is 5.91 Å². The Balaban J connectivity index is 1.39. The molecule has 0 radical (unpaired) electrons. The van der Waals surface area contributed by atoms with Gasteiger partial charge in [-0.15, -0.1) is 0 Å². The van der Waals surface area contributed by atoms with Gasteiger partial charge in [-0.05, 0) is 49.6 Å². The van der Waals surface area contributed by atoms with Crippen molar-refractivity contribution in [1.82, 2.24) is 29.5 Å². The van der Waals surface area contributed by atoms with Gasteiger partial charge in [-0.3, -0.25) is 14.8 Å². The molecule has 5 heterocycles. The van der Waals surface area contributed by atoms with E-state index in [2.05, 4.69) is 9.97 Å². The zero-order valence-electron chi connectivity index (χ0n) is 16.8. The average molecular weight is 398 g/mol. The van der Waals surface area contributed by atoms with Crippen molar-refractivity contribution in [3.63, 3.8) is 0 Å². The molecule has 0 aromatic carbocycles. The van der Waals surface area contributed by atoms with Crippen molar-refractivity contribution >= 4 is 11.6 Å². The van der Waals surface area contributed by atoms with Gasteiger partial charge >= 0.3 is 0 Å². The lowest BCUT2D eigenvalue weighted by molar-refractivity contribution is 0.0704. The van der Waals surface area contributed by atoms with E-state index >= 15 is 0 Å². The van der Waals surface area contributed by atoms with E-state index in [0.29, 0.717) is 12.1 Å². The number of carbonyl (C=O) groups excluding carboxylic acids is 1. The molecule has 4 aromatic rings. The zero-order valence-corrected chi connectivity index (χ0v) is 16.8. The Hall–Kier alpha value is -3.61. The average Bonchev–Trinajstić information content (AvgIpc) is 3.23. The lowest BCUT2D eigenvalue weighted by Gasteiger charge is -2.31. The summed E-state index contributed by atoms with van der Waals surface area (Å²) in [4.78, 5) is 27.9. The second kappa shape index (κ2) is 7.67. The van der Waals surface area contributed by atoms with E-state index in [4.69, 9.17) is 10.1 Å². The first kappa shape index (κ1) is 18.4. The van der Waals surface area contributed by atoms with Crippen LogP contribution in [-0.2, 0) is 0 Å². The summed E-state index contributed by atoms with van der Waals surface area (Å²) < 4.78 is 1.82. The van der Waals surface area contributed by atoms with Crippen LogP contribution in [0.2, 0.25) is 0 Å². The van der Waals surface area contributed by atoms with Gasteiger partial charge < -0.3 is 4.90 Å². The van der Waals surface area contributed by atoms with Gasteiger partial charge in [0.2, 0.25) is 0 Å². The minimum atomic E-state index is 0.0264. The number of rotatable bonds is 3. The zero-order chi connectivity index (χ0) is 20.5. The molecule has 1 fully saturated rings. The number of aryl methyl sites for hydroxylation is 1. The van der Waals surface area contributed by atoms with E-state index < -0.39 is 0 Å². The van der Waals surface area contributed by atoms with Crippen molar-refractivity contribution < 1.29 is 4.79 Å². The fourth-order valence-corrected chi connectivity index (χ4v) is 4.00. The number of amides is 1. The van der Waals surface area contributed by atoms with Crippen LogP contribution in [0.1, 0.15) is 40.5 Å². The summed E-state index contributed by atoms with van der Waals surface area (Å²) in [6, 6.07) is 9.85. The Morgan fingerprint density at radius 2 is 2.03 bits per heavy atom. The van der Waals surface area contributed by atoms with E-state index in [1.807, 2.05) is 59.1 Å². The molecule has 30 heavy (non-hydrogen) atoms. The Kier molecular flexibility index (Phi) is 4.71. The molecule has 1 unspecified atom stereocenters. The molecule has 150 valence electrons. The Morgan fingerprint density at radius 1 is 1.10 bits per heavy atom. The third-order valence-electron chi connectivity index (χ3n) is 5.54. The number of nitrogens with zero attached hydrogens (tertiary/aromatic N) is 6. The largest absolute Gasteiger partial charge is 0.338 e. The van der Waals surface area contributed by atoms with Crippen LogP contribution in [0.4, 0.5) is 0 Å². The van der Waals surface area contributed by atoms with Crippen molar-refractivity contribution in [3.8, 4) is 11.1 Å². The number of hydrogen-bond donors (Lipinski definition) is 0. The molecule has 0 N–H and O–H groups in total. The number of hydrogen-bond acceptors (Lipinski definition) is 5. The maximum Gasteiger partial charge on any atom is 0.255 e. The summed E-state index contributed by atoms with van der Waals surface area (Å²) in [7, 11) is 0. The SMILES string of the molecule is Cc1cncc(C(=O)N2CCCC(c3nc4ccc(-c5cccnc5)cn4n3)C2)c1. The molecule has 1 aliphatic rings. The molecule has 1 saturated heterocycles. The predicted octanol–water partition coefficient (Wildman–Crippen LogP) is 3.51. The Labute approximate surface area is 174 Å². The fraction of sp³-hybridized carbons (Fsp3) is 0.261. The monoisotopic (exact) mass is 398 g/mol. The molecule has 1 aliphatic heterocycles. The first-order chi connectivity index (χ1) is 14.7. The molecular formula is C23H22N6O. The maximum absolute atomic E-state index is 12.9. The number of piperidine rings is 1. The second-order valence-electron chi connectivity index (χ2n) is 7.77. The second-order valence-corrected chi connectivity index (χ2v) is 7.77. The molecule has 0 saturated carbocycles. The highest BCUT2D eigenvalue weighted by molar-refractivity contribution is 5.94. The van der Waals surface area contributed by atoms with Gasteiger partial charge in [-0.25, -0.2) is 9.50 Å². The highest BCUT2D eigenvalue weighted by Gasteiger charge is 2.28. The number of fused-ring (bicyclic) bond motifs is 1. The summed E-state index contributed by atoms with van der Waals surface area (Å²) in [6.45, 7) is 3.32. The van der Waals surface area contributed by atoms with Gasteiger partial charge in [-0.2, -0.15) is 5.10 Å². The van der Waals surface area contributed by atoms with Gasteiger partial charge in [0.1, 0.15) is 0 Å². The quantitative estimate of drug-likeness (QED) is 0.528. The summed E-state index contributed by atoms with van der Waals surface area (Å²) in [6.07, 6.45) is 10.9. The maximum atomic E-state index is 12.9. The molecule has 7 nitrogen and oxygen atoms in total. The van der Waals surface area contributed by atoms with E-state index in [9.17, 15) is 4.79 Å². The van der Waals surface area contributed by atoms with Gasteiger partial charge in [0.15, 0.2) is 11.5 Å². The van der Waals surface area contributed by atoms with E-state index in [0.717, 1.165) is 47.5 Å². The molecule has 0 bridgehead atoms. The number of aromatic nitrogens is 5. The first-order valence-electron chi connectivity index (χ1n) is 10.1. The standard InChI is InChI=1S/C23H22N6O/c1-16-10-20(13-25-11-16)23(30)28-9-3-5-19(14-28)22-26-21-7-6-18(15-29(21)27-22)17-4-2-8-24-12-17/h2,4,6-8,10-13,15,19H,3,5,9,14H2,1H3.